The minimum Gasteiger partial charge on any atom is -0.468 e. The number of nitrogens with zero attached hydrogens (tertiary/aromatic N) is 1. The lowest BCUT2D eigenvalue weighted by molar-refractivity contribution is -0.142. The maximum Gasteiger partial charge on any atom is 0.323 e. The van der Waals surface area contributed by atoms with Gasteiger partial charge in [-0.2, -0.15) is 4.72 Å². The number of rotatable bonds is 6. The third kappa shape index (κ3) is 5.38. The third-order valence-electron chi connectivity index (χ3n) is 3.82. The molecule has 1 saturated heterocycles. The van der Waals surface area contributed by atoms with E-state index in [-0.39, 0.29) is 10.8 Å². The van der Waals surface area contributed by atoms with Crippen molar-refractivity contribution in [3.05, 3.63) is 35.9 Å². The van der Waals surface area contributed by atoms with Crippen LogP contribution < -0.4 is 4.72 Å². The highest BCUT2D eigenvalue weighted by atomic mass is 32.2. The van der Waals surface area contributed by atoms with Crippen LogP contribution in [0.25, 0.3) is 6.08 Å². The molecule has 1 fully saturated rings. The van der Waals surface area contributed by atoms with Gasteiger partial charge in [0.25, 0.3) is 0 Å². The molecular formula is C17H22N2O6S. The van der Waals surface area contributed by atoms with E-state index in [9.17, 15) is 18.0 Å². The number of benzene rings is 1. The van der Waals surface area contributed by atoms with E-state index in [1.807, 2.05) is 0 Å². The van der Waals surface area contributed by atoms with Gasteiger partial charge in [0.15, 0.2) is 0 Å². The van der Waals surface area contributed by atoms with Crippen LogP contribution in [0.15, 0.2) is 35.2 Å². The van der Waals surface area contributed by atoms with E-state index < -0.39 is 22.0 Å². The van der Waals surface area contributed by atoms with Gasteiger partial charge in [-0.15, -0.1) is 0 Å². The number of methoxy groups -OCH3 is 1. The molecule has 26 heavy (non-hydrogen) atoms. The Morgan fingerprint density at radius 2 is 1.85 bits per heavy atom. The fourth-order valence-electron chi connectivity index (χ4n) is 2.34. The first kappa shape index (κ1) is 20.1. The number of morpholine rings is 1. The quantitative estimate of drug-likeness (QED) is 0.564. The molecule has 2 rings (SSSR count). The zero-order valence-corrected chi connectivity index (χ0v) is 15.5. The van der Waals surface area contributed by atoms with Crippen molar-refractivity contribution in [3.63, 3.8) is 0 Å². The lowest BCUT2D eigenvalue weighted by Crippen LogP contribution is -2.39. The summed E-state index contributed by atoms with van der Waals surface area (Å²) >= 11 is 0. The minimum absolute atomic E-state index is 0.0184. The highest BCUT2D eigenvalue weighted by molar-refractivity contribution is 7.89. The molecule has 0 bridgehead atoms. The van der Waals surface area contributed by atoms with Crippen molar-refractivity contribution >= 4 is 28.0 Å². The van der Waals surface area contributed by atoms with Crippen molar-refractivity contribution < 1.29 is 27.5 Å². The van der Waals surface area contributed by atoms with Crippen molar-refractivity contribution in [2.75, 3.05) is 33.4 Å². The van der Waals surface area contributed by atoms with Crippen molar-refractivity contribution in [2.24, 2.45) is 0 Å². The number of carbonyl (C=O) groups is 2. The first-order valence-electron chi connectivity index (χ1n) is 8.08. The molecule has 0 aromatic heterocycles. The molecule has 0 aliphatic carbocycles. The normalized spacial score (nSPS) is 16.5. The van der Waals surface area contributed by atoms with Crippen LogP contribution in [0.3, 0.4) is 0 Å². The number of nitrogens with one attached hydrogen (secondary N) is 1. The number of carbonyl (C=O) groups excluding carboxylic acids is 2. The summed E-state index contributed by atoms with van der Waals surface area (Å²) in [6.45, 7) is 3.58. The summed E-state index contributed by atoms with van der Waals surface area (Å²) < 4.78 is 36.4. The Morgan fingerprint density at radius 3 is 2.42 bits per heavy atom. The van der Waals surface area contributed by atoms with Crippen molar-refractivity contribution in [1.82, 2.24) is 9.62 Å². The summed E-state index contributed by atoms with van der Waals surface area (Å²) in [6, 6.07) is 4.99. The van der Waals surface area contributed by atoms with Gasteiger partial charge in [0, 0.05) is 19.2 Å². The topological polar surface area (TPSA) is 102 Å². The Hall–Kier alpha value is -2.23. The van der Waals surface area contributed by atoms with Crippen molar-refractivity contribution in [3.8, 4) is 0 Å². The molecule has 8 nitrogen and oxygen atoms in total. The molecule has 142 valence electrons. The first-order valence-corrected chi connectivity index (χ1v) is 9.57. The maximum absolute atomic E-state index is 12.2. The Bertz CT molecular complexity index is 767. The van der Waals surface area contributed by atoms with Gasteiger partial charge in [0.2, 0.25) is 15.9 Å². The predicted octanol–water partition coefficient (Wildman–Crippen LogP) is 0.398. The Balaban J connectivity index is 2.01. The van der Waals surface area contributed by atoms with Gasteiger partial charge in [-0.3, -0.25) is 9.59 Å². The predicted molar refractivity (Wildman–Crippen MR) is 94.7 cm³/mol. The van der Waals surface area contributed by atoms with Gasteiger partial charge in [0.05, 0.1) is 25.2 Å². The second kappa shape index (κ2) is 8.93. The van der Waals surface area contributed by atoms with Crippen LogP contribution in [0.1, 0.15) is 12.5 Å². The Morgan fingerprint density at radius 1 is 1.23 bits per heavy atom. The highest BCUT2D eigenvalue weighted by Crippen LogP contribution is 2.13. The summed E-state index contributed by atoms with van der Waals surface area (Å²) in [7, 11) is -2.66. The van der Waals surface area contributed by atoms with Crippen molar-refractivity contribution in [2.45, 2.75) is 17.9 Å². The monoisotopic (exact) mass is 382 g/mol. The standard InChI is InChI=1S/C17H22N2O6S/c1-13(17(21)24-2)18-26(22,23)15-6-3-14(4-7-15)5-8-16(20)19-9-11-25-12-10-19/h3-8,13,18H,9-12H2,1-2H3/b8-5+. The van der Waals surface area contributed by atoms with Gasteiger partial charge in [-0.1, -0.05) is 12.1 Å². The van der Waals surface area contributed by atoms with Crippen LogP contribution in [-0.4, -0.2) is 64.6 Å². The van der Waals surface area contributed by atoms with E-state index in [4.69, 9.17) is 4.74 Å². The molecule has 1 aliphatic rings. The highest BCUT2D eigenvalue weighted by Gasteiger charge is 2.22. The zero-order chi connectivity index (χ0) is 19.2. The van der Waals surface area contributed by atoms with Crippen LogP contribution in [-0.2, 0) is 29.1 Å². The third-order valence-corrected chi connectivity index (χ3v) is 5.37. The maximum atomic E-state index is 12.2. The van der Waals surface area contributed by atoms with E-state index in [0.29, 0.717) is 31.9 Å². The Labute approximate surface area is 152 Å². The molecular weight excluding hydrogens is 360 g/mol. The molecule has 1 amide bonds. The molecule has 1 aromatic carbocycles. The molecule has 1 N–H and O–H groups in total. The van der Waals surface area contributed by atoms with E-state index >= 15 is 0 Å². The molecule has 1 heterocycles. The van der Waals surface area contributed by atoms with E-state index in [2.05, 4.69) is 9.46 Å². The van der Waals surface area contributed by atoms with Crippen LogP contribution in [0.4, 0.5) is 0 Å². The molecule has 0 radical (unpaired) electrons. The fraction of sp³-hybridized carbons (Fsp3) is 0.412. The summed E-state index contributed by atoms with van der Waals surface area (Å²) in [5.74, 6) is -0.784. The number of amides is 1. The molecule has 1 atom stereocenters. The average Bonchev–Trinajstić information content (AvgIpc) is 2.66. The summed E-state index contributed by atoms with van der Waals surface area (Å²) in [5, 5.41) is 0. The van der Waals surface area contributed by atoms with Crippen molar-refractivity contribution in [1.29, 1.82) is 0 Å². The molecule has 0 saturated carbocycles. The number of esters is 1. The number of hydrogen-bond acceptors (Lipinski definition) is 6. The Kier molecular flexibility index (Phi) is 6.90. The van der Waals surface area contributed by atoms with Gasteiger partial charge in [0.1, 0.15) is 6.04 Å². The second-order valence-corrected chi connectivity index (χ2v) is 7.42. The molecule has 1 unspecified atom stereocenters. The van der Waals surface area contributed by atoms with E-state index in [1.54, 1.807) is 23.1 Å². The van der Waals surface area contributed by atoms with Crippen LogP contribution in [0.2, 0.25) is 0 Å². The lowest BCUT2D eigenvalue weighted by Gasteiger charge is -2.25. The van der Waals surface area contributed by atoms with Gasteiger partial charge in [-0.25, -0.2) is 8.42 Å². The fourth-order valence-corrected chi connectivity index (χ4v) is 3.53. The molecule has 0 spiro atoms. The lowest BCUT2D eigenvalue weighted by atomic mass is 10.2. The van der Waals surface area contributed by atoms with Gasteiger partial charge >= 0.3 is 5.97 Å². The summed E-state index contributed by atoms with van der Waals surface area (Å²) in [6.07, 6.45) is 3.07. The first-order chi connectivity index (χ1) is 12.3. The smallest absolute Gasteiger partial charge is 0.323 e. The summed E-state index contributed by atoms with van der Waals surface area (Å²) in [4.78, 5) is 25.1. The largest absolute Gasteiger partial charge is 0.468 e. The van der Waals surface area contributed by atoms with Gasteiger partial charge < -0.3 is 14.4 Å². The van der Waals surface area contributed by atoms with Gasteiger partial charge in [-0.05, 0) is 30.7 Å². The van der Waals surface area contributed by atoms with Crippen LogP contribution in [0.5, 0.6) is 0 Å². The number of hydrogen-bond donors (Lipinski definition) is 1. The van der Waals surface area contributed by atoms with Crippen LogP contribution in [0, 0.1) is 0 Å². The zero-order valence-electron chi connectivity index (χ0n) is 14.7. The number of ether oxygens (including phenoxy) is 2. The molecule has 9 heteroatoms. The van der Waals surface area contributed by atoms with E-state index in [1.165, 1.54) is 32.2 Å². The average molecular weight is 382 g/mol. The minimum atomic E-state index is -3.84. The van der Waals surface area contributed by atoms with E-state index in [0.717, 1.165) is 0 Å². The molecule has 1 aliphatic heterocycles. The molecule has 1 aromatic rings. The number of sulfonamides is 1. The summed E-state index contributed by atoms with van der Waals surface area (Å²) in [5.41, 5.74) is 0.687. The van der Waals surface area contributed by atoms with Crippen LogP contribution >= 0.6 is 0 Å². The SMILES string of the molecule is COC(=O)C(C)NS(=O)(=O)c1ccc(/C=C/C(=O)N2CCOCC2)cc1. The second-order valence-electron chi connectivity index (χ2n) is 5.71.